The number of ether oxygens (including phenoxy) is 1. The quantitative estimate of drug-likeness (QED) is 0.385. The fraction of sp³-hybridized carbons (Fsp3) is 0.370. The maximum Gasteiger partial charge on any atom is 0.281 e. The van der Waals surface area contributed by atoms with Crippen LogP contribution in [0.5, 0.6) is 5.75 Å². The van der Waals surface area contributed by atoms with Gasteiger partial charge in [0.25, 0.3) is 12.0 Å². The zero-order chi connectivity index (χ0) is 27.9. The number of H-pyrrole nitrogens is 1. The summed E-state index contributed by atoms with van der Waals surface area (Å²) in [6.07, 6.45) is 1.84. The average Bonchev–Trinajstić information content (AvgIpc) is 3.87. The van der Waals surface area contributed by atoms with Gasteiger partial charge in [-0.25, -0.2) is 23.3 Å². The molecule has 2 saturated carbocycles. The number of hydrogen-bond acceptors (Lipinski definition) is 8. The lowest BCUT2D eigenvalue weighted by Crippen LogP contribution is -2.43. The Morgan fingerprint density at radius 3 is 2.75 bits per heavy atom. The summed E-state index contributed by atoms with van der Waals surface area (Å²) in [6.45, 7) is 0.0109. The Morgan fingerprint density at radius 2 is 2.10 bits per heavy atom. The second kappa shape index (κ2) is 8.53. The monoisotopic (exact) mass is 549 g/mol. The molecule has 0 bridgehead atoms. The van der Waals surface area contributed by atoms with Crippen LogP contribution in [0.2, 0.25) is 0 Å². The second-order valence-electron chi connectivity index (χ2n) is 10.5. The summed E-state index contributed by atoms with van der Waals surface area (Å²) in [6, 6.07) is 5.10. The number of nitriles is 1. The third-order valence-corrected chi connectivity index (χ3v) is 7.89. The van der Waals surface area contributed by atoms with E-state index in [0.29, 0.717) is 18.0 Å². The van der Waals surface area contributed by atoms with E-state index in [1.165, 1.54) is 23.0 Å². The van der Waals surface area contributed by atoms with E-state index in [1.807, 2.05) is 0 Å². The third kappa shape index (κ3) is 3.59. The van der Waals surface area contributed by atoms with Gasteiger partial charge >= 0.3 is 0 Å². The molecule has 1 spiro atoms. The predicted molar refractivity (Wildman–Crippen MR) is 136 cm³/mol. The molecule has 0 unspecified atom stereocenters. The van der Waals surface area contributed by atoms with Gasteiger partial charge in [-0.3, -0.25) is 9.48 Å². The molecule has 2 fully saturated rings. The molecule has 4 aromatic rings. The summed E-state index contributed by atoms with van der Waals surface area (Å²) in [5.74, 6) is -0.384. The minimum absolute atomic E-state index is 0.0134. The number of aliphatic hydroxyl groups is 1. The van der Waals surface area contributed by atoms with Gasteiger partial charge < -0.3 is 14.7 Å². The van der Waals surface area contributed by atoms with E-state index in [0.717, 1.165) is 25.7 Å². The topological polar surface area (TPSA) is 133 Å². The van der Waals surface area contributed by atoms with E-state index in [1.54, 1.807) is 7.05 Å². The molecular weight excluding hydrogens is 527 g/mol. The molecule has 10 nitrogen and oxygen atoms in total. The van der Waals surface area contributed by atoms with Crippen molar-refractivity contribution < 1.29 is 23.0 Å². The van der Waals surface area contributed by atoms with Gasteiger partial charge in [0.15, 0.2) is 5.75 Å². The molecule has 3 aromatic heterocycles. The van der Waals surface area contributed by atoms with Crippen molar-refractivity contribution in [2.45, 2.75) is 50.4 Å². The number of aliphatic hydroxyl groups excluding tert-OH is 1. The van der Waals surface area contributed by atoms with Crippen molar-refractivity contribution in [2.24, 2.45) is 7.05 Å². The summed E-state index contributed by atoms with van der Waals surface area (Å²) in [4.78, 5) is 18.6. The number of nitrogens with zero attached hydrogens (tertiary/aromatic N) is 6. The standard InChI is InChI=1S/C27H22F3N7O3/c1-36-23(15(9-32-36)17-6-13-18(10-38)34-35-26(39)21(13)22(33-17)25(29)30)20-14(8-31)24-19(7-16(20)28)37(12-2-3-12)11-27(40-24)4-5-27/h6-7,9,12,25,38H,2-5,10-11H2,1H3,(H,35,39). The Morgan fingerprint density at radius 1 is 1.32 bits per heavy atom. The number of pyridine rings is 1. The summed E-state index contributed by atoms with van der Waals surface area (Å²) < 4.78 is 52.0. The molecule has 40 heavy (non-hydrogen) atoms. The molecule has 2 N–H and O–H groups in total. The smallest absolute Gasteiger partial charge is 0.281 e. The van der Waals surface area contributed by atoms with Gasteiger partial charge in [0, 0.05) is 30.1 Å². The van der Waals surface area contributed by atoms with E-state index < -0.39 is 41.1 Å². The van der Waals surface area contributed by atoms with E-state index in [9.17, 15) is 23.9 Å². The van der Waals surface area contributed by atoms with Crippen molar-refractivity contribution in [3.63, 3.8) is 0 Å². The zero-order valence-electron chi connectivity index (χ0n) is 21.2. The van der Waals surface area contributed by atoms with Crippen LogP contribution in [0.25, 0.3) is 33.3 Å². The van der Waals surface area contributed by atoms with Crippen LogP contribution in [-0.4, -0.2) is 48.3 Å². The lowest BCUT2D eigenvalue weighted by Gasteiger charge is -2.38. The number of nitrogens with one attached hydrogen (secondary N) is 1. The number of aromatic amines is 1. The van der Waals surface area contributed by atoms with Crippen LogP contribution in [-0.2, 0) is 13.7 Å². The third-order valence-electron chi connectivity index (χ3n) is 7.89. The van der Waals surface area contributed by atoms with Crippen molar-refractivity contribution in [3.05, 3.63) is 51.5 Å². The Labute approximate surface area is 224 Å². The fourth-order valence-electron chi connectivity index (χ4n) is 5.63. The highest BCUT2D eigenvalue weighted by Crippen LogP contribution is 2.54. The fourth-order valence-corrected chi connectivity index (χ4v) is 5.63. The molecule has 13 heteroatoms. The Bertz CT molecular complexity index is 1820. The largest absolute Gasteiger partial charge is 0.482 e. The van der Waals surface area contributed by atoms with Gasteiger partial charge in [-0.2, -0.15) is 15.5 Å². The predicted octanol–water partition coefficient (Wildman–Crippen LogP) is 3.72. The van der Waals surface area contributed by atoms with Crippen LogP contribution < -0.4 is 15.2 Å². The van der Waals surface area contributed by atoms with Crippen LogP contribution in [0, 0.1) is 17.1 Å². The number of aryl methyl sites for hydroxylation is 1. The van der Waals surface area contributed by atoms with Gasteiger partial charge in [-0.05, 0) is 31.7 Å². The first-order chi connectivity index (χ1) is 19.2. The number of alkyl halides is 2. The van der Waals surface area contributed by atoms with Gasteiger partial charge in [-0.1, -0.05) is 0 Å². The minimum Gasteiger partial charge on any atom is -0.482 e. The Balaban J connectivity index is 1.48. The second-order valence-corrected chi connectivity index (χ2v) is 10.5. The minimum atomic E-state index is -3.13. The van der Waals surface area contributed by atoms with Gasteiger partial charge in [0.05, 0.1) is 53.1 Å². The number of halogens is 3. The number of benzene rings is 1. The van der Waals surface area contributed by atoms with E-state index in [4.69, 9.17) is 4.74 Å². The molecule has 2 aliphatic carbocycles. The van der Waals surface area contributed by atoms with Crippen LogP contribution in [0.4, 0.5) is 18.9 Å². The first-order valence-electron chi connectivity index (χ1n) is 12.8. The SMILES string of the molecule is Cn1ncc(-c2cc3c(CO)n[nH]c(=O)c3c(C(F)F)n2)c1-c1c(F)cc2c(c1C#N)OC1(CC1)CN2C1CC1. The lowest BCUT2D eigenvalue weighted by molar-refractivity contribution is 0.148. The van der Waals surface area contributed by atoms with Crippen molar-refractivity contribution in [2.75, 3.05) is 11.4 Å². The van der Waals surface area contributed by atoms with Gasteiger partial charge in [0.1, 0.15) is 28.7 Å². The normalized spacial score (nSPS) is 17.3. The molecule has 0 saturated heterocycles. The summed E-state index contributed by atoms with van der Waals surface area (Å²) >= 11 is 0. The highest BCUT2D eigenvalue weighted by atomic mass is 19.3. The van der Waals surface area contributed by atoms with Crippen molar-refractivity contribution >= 4 is 16.5 Å². The number of hydrogen-bond donors (Lipinski definition) is 2. The summed E-state index contributed by atoms with van der Waals surface area (Å²) in [5.41, 5.74) is -1.47. The molecule has 1 aromatic carbocycles. The highest BCUT2D eigenvalue weighted by Gasteiger charge is 2.53. The van der Waals surface area contributed by atoms with Crippen LogP contribution >= 0.6 is 0 Å². The number of anilines is 1. The Hall–Kier alpha value is -4.44. The molecule has 0 amide bonds. The number of rotatable bonds is 5. The first kappa shape index (κ1) is 24.6. The zero-order valence-corrected chi connectivity index (χ0v) is 21.2. The summed E-state index contributed by atoms with van der Waals surface area (Å²) in [7, 11) is 1.54. The highest BCUT2D eigenvalue weighted by molar-refractivity contribution is 5.92. The van der Waals surface area contributed by atoms with Crippen LogP contribution in [0.1, 0.15) is 49.1 Å². The molecule has 7 rings (SSSR count). The van der Waals surface area contributed by atoms with Crippen molar-refractivity contribution in [3.8, 4) is 34.3 Å². The first-order valence-corrected chi connectivity index (χ1v) is 12.8. The Kier molecular flexibility index (Phi) is 5.24. The van der Waals surface area contributed by atoms with E-state index >= 15 is 4.39 Å². The maximum absolute atomic E-state index is 16.1. The van der Waals surface area contributed by atoms with Crippen molar-refractivity contribution in [1.82, 2.24) is 25.0 Å². The van der Waals surface area contributed by atoms with Crippen molar-refractivity contribution in [1.29, 1.82) is 5.26 Å². The molecule has 4 heterocycles. The van der Waals surface area contributed by atoms with E-state index in [-0.39, 0.29) is 45.2 Å². The molecular formula is C27H22F3N7O3. The molecule has 3 aliphatic rings. The molecule has 0 radical (unpaired) electrons. The molecule has 1 aliphatic heterocycles. The summed E-state index contributed by atoms with van der Waals surface area (Å²) in [5, 5.41) is 29.8. The van der Waals surface area contributed by atoms with Gasteiger partial charge in [0.2, 0.25) is 0 Å². The average molecular weight is 550 g/mol. The van der Waals surface area contributed by atoms with Crippen LogP contribution in [0.15, 0.2) is 23.1 Å². The number of fused-ring (bicyclic) bond motifs is 2. The van der Waals surface area contributed by atoms with Gasteiger partial charge in [-0.15, -0.1) is 0 Å². The lowest BCUT2D eigenvalue weighted by atomic mass is 9.96. The van der Waals surface area contributed by atoms with E-state index in [2.05, 4.69) is 31.2 Å². The number of aromatic nitrogens is 5. The maximum atomic E-state index is 16.1. The molecule has 204 valence electrons. The molecule has 0 atom stereocenters. The van der Waals surface area contributed by atoms with Crippen LogP contribution in [0.3, 0.4) is 0 Å².